The summed E-state index contributed by atoms with van der Waals surface area (Å²) in [5.41, 5.74) is 1.75. The largest absolute Gasteiger partial charge is 0.477 e. The molecular weight excluding hydrogens is 310 g/mol. The van der Waals surface area contributed by atoms with Crippen LogP contribution in [-0.2, 0) is 6.54 Å². The topological polar surface area (TPSA) is 99.8 Å². The van der Waals surface area contributed by atoms with Gasteiger partial charge in [-0.25, -0.2) is 4.79 Å². The van der Waals surface area contributed by atoms with Gasteiger partial charge < -0.3 is 19.9 Å². The third-order valence-corrected chi connectivity index (χ3v) is 5.68. The summed E-state index contributed by atoms with van der Waals surface area (Å²) in [7, 11) is 0. The van der Waals surface area contributed by atoms with Crippen molar-refractivity contribution < 1.29 is 20.1 Å². The molecule has 130 valence electrons. The van der Waals surface area contributed by atoms with Gasteiger partial charge in [0.1, 0.15) is 5.56 Å². The molecule has 2 aliphatic rings. The van der Waals surface area contributed by atoms with E-state index in [0.717, 1.165) is 5.57 Å². The highest BCUT2D eigenvalue weighted by molar-refractivity contribution is 5.87. The van der Waals surface area contributed by atoms with Gasteiger partial charge in [0.05, 0.1) is 23.5 Å². The quantitative estimate of drug-likeness (QED) is 0.719. The van der Waals surface area contributed by atoms with Crippen LogP contribution in [-0.4, -0.2) is 25.9 Å². The molecule has 0 saturated carbocycles. The molecule has 0 aliphatic heterocycles. The second-order valence-corrected chi connectivity index (χ2v) is 6.95. The number of allylic oxidation sites excluding steroid dienone is 2. The van der Waals surface area contributed by atoms with Gasteiger partial charge in [-0.1, -0.05) is 11.1 Å². The number of pyridine rings is 1. The average Bonchev–Trinajstić information content (AvgIpc) is 2.53. The first-order valence-electron chi connectivity index (χ1n) is 8.29. The molecule has 1 aromatic heterocycles. The Balaban J connectivity index is 2.25. The Morgan fingerprint density at radius 3 is 2.21 bits per heavy atom. The minimum absolute atomic E-state index is 0.0536. The summed E-state index contributed by atoms with van der Waals surface area (Å²) in [6, 6.07) is 0. The van der Waals surface area contributed by atoms with Crippen molar-refractivity contribution in [3.63, 3.8) is 0 Å². The third kappa shape index (κ3) is 2.32. The van der Waals surface area contributed by atoms with E-state index in [2.05, 4.69) is 0 Å². The van der Waals surface area contributed by atoms with Crippen LogP contribution in [0, 0.1) is 11.8 Å². The molecule has 3 rings (SSSR count). The molecule has 0 aromatic carbocycles. The van der Waals surface area contributed by atoms with Crippen LogP contribution in [0.2, 0.25) is 0 Å². The van der Waals surface area contributed by atoms with Crippen LogP contribution in [0.3, 0.4) is 0 Å². The Labute approximate surface area is 140 Å². The normalized spacial score (nSPS) is 29.2. The van der Waals surface area contributed by atoms with Gasteiger partial charge in [-0.05, 0) is 39.5 Å². The Morgan fingerprint density at radius 1 is 1.17 bits per heavy atom. The zero-order valence-corrected chi connectivity index (χ0v) is 14.1. The number of rotatable bonds is 2. The van der Waals surface area contributed by atoms with Crippen LogP contribution >= 0.6 is 0 Å². The van der Waals surface area contributed by atoms with Crippen molar-refractivity contribution in [3.05, 3.63) is 44.4 Å². The van der Waals surface area contributed by atoms with Gasteiger partial charge in [-0.15, -0.1) is 0 Å². The molecular formula is C18H23NO5. The number of aromatic carboxylic acids is 1. The van der Waals surface area contributed by atoms with Crippen LogP contribution in [0.15, 0.2) is 22.1 Å². The van der Waals surface area contributed by atoms with Gasteiger partial charge in [-0.2, -0.15) is 0 Å². The lowest BCUT2D eigenvalue weighted by molar-refractivity contribution is -0.0260. The maximum absolute atomic E-state index is 12.6. The van der Waals surface area contributed by atoms with E-state index in [-0.39, 0.29) is 23.0 Å². The number of hydrogen-bond acceptors (Lipinski definition) is 4. The monoisotopic (exact) mass is 333 g/mol. The molecule has 0 bridgehead atoms. The molecule has 0 spiro atoms. The predicted molar refractivity (Wildman–Crippen MR) is 87.8 cm³/mol. The van der Waals surface area contributed by atoms with Gasteiger partial charge in [0.2, 0.25) is 5.43 Å². The van der Waals surface area contributed by atoms with Gasteiger partial charge in [0.25, 0.3) is 0 Å². The molecule has 0 unspecified atom stereocenters. The van der Waals surface area contributed by atoms with Crippen molar-refractivity contribution in [2.24, 2.45) is 11.8 Å². The number of aliphatic hydroxyl groups is 2. The number of fused-ring (bicyclic) bond motifs is 2. The fourth-order valence-electron chi connectivity index (χ4n) is 4.20. The maximum atomic E-state index is 12.6. The first kappa shape index (κ1) is 16.9. The lowest BCUT2D eigenvalue weighted by Gasteiger charge is -2.44. The average molecular weight is 333 g/mol. The summed E-state index contributed by atoms with van der Waals surface area (Å²) in [5, 5.41) is 31.0. The van der Waals surface area contributed by atoms with Crippen LogP contribution < -0.4 is 5.43 Å². The molecule has 6 nitrogen and oxygen atoms in total. The lowest BCUT2D eigenvalue weighted by atomic mass is 9.65. The molecule has 0 fully saturated rings. The van der Waals surface area contributed by atoms with E-state index >= 15 is 0 Å². The number of hydrogen-bond donors (Lipinski definition) is 3. The van der Waals surface area contributed by atoms with E-state index in [1.165, 1.54) is 11.8 Å². The van der Waals surface area contributed by atoms with Crippen molar-refractivity contribution in [2.75, 3.05) is 0 Å². The minimum Gasteiger partial charge on any atom is -0.477 e. The Hall–Kier alpha value is -1.92. The number of aromatic nitrogens is 1. The Morgan fingerprint density at radius 2 is 1.71 bits per heavy atom. The van der Waals surface area contributed by atoms with Crippen molar-refractivity contribution in [1.29, 1.82) is 0 Å². The molecule has 2 aliphatic carbocycles. The third-order valence-electron chi connectivity index (χ3n) is 5.68. The van der Waals surface area contributed by atoms with E-state index in [9.17, 15) is 24.9 Å². The molecule has 0 saturated heterocycles. The summed E-state index contributed by atoms with van der Waals surface area (Å²) in [6.45, 7) is 6.26. The number of aryl methyl sites for hydroxylation is 1. The van der Waals surface area contributed by atoms with Gasteiger partial charge in [-0.3, -0.25) is 4.79 Å². The first-order valence-corrected chi connectivity index (χ1v) is 8.29. The van der Waals surface area contributed by atoms with Gasteiger partial charge in [0, 0.05) is 18.7 Å². The number of carboxylic acids is 1. The highest BCUT2D eigenvalue weighted by atomic mass is 16.4. The van der Waals surface area contributed by atoms with Crippen molar-refractivity contribution in [1.82, 2.24) is 4.57 Å². The molecule has 4 atom stereocenters. The number of nitrogens with zero attached hydrogens (tertiary/aromatic N) is 1. The van der Waals surface area contributed by atoms with E-state index in [4.69, 9.17) is 0 Å². The summed E-state index contributed by atoms with van der Waals surface area (Å²) >= 11 is 0. The molecule has 1 heterocycles. The summed E-state index contributed by atoms with van der Waals surface area (Å²) in [5.74, 6) is -1.74. The summed E-state index contributed by atoms with van der Waals surface area (Å²) in [4.78, 5) is 24.0. The van der Waals surface area contributed by atoms with Crippen molar-refractivity contribution in [2.45, 2.75) is 52.4 Å². The highest BCUT2D eigenvalue weighted by Crippen LogP contribution is 2.50. The smallest absolute Gasteiger partial charge is 0.341 e. The van der Waals surface area contributed by atoms with E-state index < -0.39 is 23.6 Å². The first-order chi connectivity index (χ1) is 11.3. The zero-order valence-electron chi connectivity index (χ0n) is 14.1. The maximum Gasteiger partial charge on any atom is 0.341 e. The van der Waals surface area contributed by atoms with E-state index in [1.807, 2.05) is 20.8 Å². The number of aliphatic hydroxyl groups excluding tert-OH is 2. The standard InChI is InChI=1S/C18H23NO5/c1-4-19-7-12(18(23)24)16(21)13-14(19)17(22)11-6-9(3)8(2)5-10(11)15(13)20/h7,10-11,15,17,20,22H,4-6H2,1-3H3,(H,23,24)/t10-,11+,15-,17+/m1/s1. The van der Waals surface area contributed by atoms with Crippen molar-refractivity contribution >= 4 is 5.97 Å². The molecule has 3 N–H and O–H groups in total. The van der Waals surface area contributed by atoms with Crippen LogP contribution in [0.25, 0.3) is 0 Å². The molecule has 6 heteroatoms. The fraction of sp³-hybridized carbons (Fsp3) is 0.556. The lowest BCUT2D eigenvalue weighted by Crippen LogP contribution is -2.42. The van der Waals surface area contributed by atoms with E-state index in [1.54, 1.807) is 4.57 Å². The fourth-order valence-corrected chi connectivity index (χ4v) is 4.20. The Kier molecular flexibility index (Phi) is 4.13. The van der Waals surface area contributed by atoms with Gasteiger partial charge in [0.15, 0.2) is 0 Å². The van der Waals surface area contributed by atoms with Crippen LogP contribution in [0.4, 0.5) is 0 Å². The highest BCUT2D eigenvalue weighted by Gasteiger charge is 2.46. The number of carboxylic acid groups (broad SMARTS) is 1. The van der Waals surface area contributed by atoms with Crippen LogP contribution in [0.5, 0.6) is 0 Å². The van der Waals surface area contributed by atoms with Crippen molar-refractivity contribution in [3.8, 4) is 0 Å². The summed E-state index contributed by atoms with van der Waals surface area (Å²) < 4.78 is 1.59. The second kappa shape index (κ2) is 5.86. The van der Waals surface area contributed by atoms with Gasteiger partial charge >= 0.3 is 5.97 Å². The SMILES string of the molecule is CCn1cc(C(=O)O)c(=O)c2c1[C@@H](O)[C@H]1CC(C)=C(C)C[C@H]1[C@H]2O. The predicted octanol–water partition coefficient (Wildman–Crippen LogP) is 2.01. The number of carbonyl (C=O) groups is 1. The second-order valence-electron chi connectivity index (χ2n) is 6.95. The summed E-state index contributed by atoms with van der Waals surface area (Å²) in [6.07, 6.45) is 0.619. The zero-order chi connectivity index (χ0) is 17.8. The molecule has 1 aromatic rings. The Bertz CT molecular complexity index is 791. The molecule has 0 radical (unpaired) electrons. The minimum atomic E-state index is -1.32. The molecule has 24 heavy (non-hydrogen) atoms. The van der Waals surface area contributed by atoms with Crippen LogP contribution in [0.1, 0.15) is 67.4 Å². The molecule has 0 amide bonds. The van der Waals surface area contributed by atoms with E-state index in [0.29, 0.717) is 25.1 Å².